The van der Waals surface area contributed by atoms with Gasteiger partial charge in [0, 0.05) is 17.1 Å². The van der Waals surface area contributed by atoms with Crippen molar-refractivity contribution in [1.29, 1.82) is 0 Å². The van der Waals surface area contributed by atoms with E-state index in [2.05, 4.69) is 0 Å². The van der Waals surface area contributed by atoms with Crippen LogP contribution in [-0.4, -0.2) is 0 Å². The summed E-state index contributed by atoms with van der Waals surface area (Å²) in [5.74, 6) is 0. The van der Waals surface area contributed by atoms with Gasteiger partial charge in [-0.15, -0.1) is 0 Å². The maximum absolute atomic E-state index is 0. The van der Waals surface area contributed by atoms with Crippen molar-refractivity contribution in [2.45, 2.75) is 7.43 Å². The smallest absolute Gasteiger partial charge is 0 e. The minimum absolute atomic E-state index is 0. The van der Waals surface area contributed by atoms with E-state index < -0.39 is 0 Å². The summed E-state index contributed by atoms with van der Waals surface area (Å²) in [4.78, 5) is 0. The summed E-state index contributed by atoms with van der Waals surface area (Å²) in [6.07, 6.45) is 0. The Labute approximate surface area is 48.3 Å². The van der Waals surface area contributed by atoms with E-state index in [1.54, 1.807) is 0 Å². The van der Waals surface area contributed by atoms with Crippen LogP contribution in [0.3, 0.4) is 0 Å². The molecular weight excluding hydrogens is 130 g/mol. The Hall–Kier alpha value is 1.30. The molecule has 0 N–H and O–H groups in total. The SMILES string of the molecule is C.P.S.[Mn]. The zero-order valence-corrected chi connectivity index (χ0v) is 5.18. The van der Waals surface area contributed by atoms with Crippen LogP contribution in [0, 0.1) is 0 Å². The molecule has 1 atom stereocenters. The van der Waals surface area contributed by atoms with Crippen molar-refractivity contribution < 1.29 is 17.1 Å². The predicted octanol–water partition coefficient (Wildman–Crippen LogP) is 0.805. The summed E-state index contributed by atoms with van der Waals surface area (Å²) in [5.41, 5.74) is 0. The zero-order chi connectivity index (χ0) is 0. The molecule has 31 valence electrons. The fraction of sp³-hybridized carbons (Fsp3) is 1.00. The number of rotatable bonds is 0. The topological polar surface area (TPSA) is 0 Å². The average Bonchev–Trinajstić information content (AvgIpc) is 0. The molecule has 0 aromatic carbocycles. The van der Waals surface area contributed by atoms with Gasteiger partial charge < -0.3 is 0 Å². The summed E-state index contributed by atoms with van der Waals surface area (Å²) in [5, 5.41) is 0. The molecule has 0 spiro atoms. The molecule has 0 saturated carbocycles. The molecule has 0 amide bonds. The molecule has 0 rings (SSSR count). The van der Waals surface area contributed by atoms with Gasteiger partial charge in [0.1, 0.15) is 0 Å². The van der Waals surface area contributed by atoms with E-state index in [4.69, 9.17) is 0 Å². The van der Waals surface area contributed by atoms with Crippen LogP contribution >= 0.6 is 23.4 Å². The Bertz CT molecular complexity index is 8.00. The summed E-state index contributed by atoms with van der Waals surface area (Å²) in [7, 11) is 0. The van der Waals surface area contributed by atoms with Gasteiger partial charge in [0.05, 0.1) is 0 Å². The molecule has 0 aromatic heterocycles. The van der Waals surface area contributed by atoms with Crippen molar-refractivity contribution >= 4 is 23.4 Å². The minimum atomic E-state index is 0. The van der Waals surface area contributed by atoms with Crippen molar-refractivity contribution in [2.75, 3.05) is 0 Å². The van der Waals surface area contributed by atoms with Gasteiger partial charge in [-0.1, -0.05) is 7.43 Å². The van der Waals surface area contributed by atoms with Gasteiger partial charge in [0.25, 0.3) is 0 Å². The Morgan fingerprint density at radius 1 is 1.00 bits per heavy atom. The van der Waals surface area contributed by atoms with Gasteiger partial charge in [-0.3, -0.25) is 0 Å². The van der Waals surface area contributed by atoms with Gasteiger partial charge in [-0.25, -0.2) is 0 Å². The Kier molecular flexibility index (Phi) is 402. The van der Waals surface area contributed by atoms with E-state index in [-0.39, 0.29) is 47.9 Å². The Balaban J connectivity index is 0. The maximum atomic E-state index is 0. The molecule has 0 aromatic rings. The second-order valence-electron chi connectivity index (χ2n) is 0. The standard InChI is InChI=1S/CH4.Mn.H3P.H2S/h1H4;;1H3;1H2. The van der Waals surface area contributed by atoms with Crippen molar-refractivity contribution in [1.82, 2.24) is 0 Å². The average molecular weight is 139 g/mol. The largest absolute Gasteiger partial charge is 0.197 e. The van der Waals surface area contributed by atoms with Crippen LogP contribution in [0.5, 0.6) is 0 Å². The number of hydrogen-bond acceptors (Lipinski definition) is 0. The first-order chi connectivity index (χ1) is 0. The molecule has 0 aliphatic carbocycles. The van der Waals surface area contributed by atoms with E-state index in [9.17, 15) is 0 Å². The molecule has 0 nitrogen and oxygen atoms in total. The van der Waals surface area contributed by atoms with Crippen LogP contribution < -0.4 is 0 Å². The Morgan fingerprint density at radius 2 is 1.00 bits per heavy atom. The fourth-order valence-corrected chi connectivity index (χ4v) is 0. The van der Waals surface area contributed by atoms with Gasteiger partial charge >= 0.3 is 0 Å². The van der Waals surface area contributed by atoms with Crippen molar-refractivity contribution in [3.63, 3.8) is 0 Å². The molecule has 0 aliphatic rings. The first-order valence-corrected chi connectivity index (χ1v) is 0. The third-order valence-electron chi connectivity index (χ3n) is 0. The number of hydrogen-bond donors (Lipinski definition) is 0. The van der Waals surface area contributed by atoms with E-state index >= 15 is 0 Å². The van der Waals surface area contributed by atoms with Crippen LogP contribution in [0.2, 0.25) is 0 Å². The third kappa shape index (κ3) is 10.3. The van der Waals surface area contributed by atoms with Crippen LogP contribution in [0.4, 0.5) is 0 Å². The van der Waals surface area contributed by atoms with Crippen molar-refractivity contribution in [3.8, 4) is 0 Å². The first kappa shape index (κ1) is 58.0. The van der Waals surface area contributed by atoms with Gasteiger partial charge in [-0.2, -0.15) is 23.4 Å². The van der Waals surface area contributed by atoms with E-state index in [0.29, 0.717) is 0 Å². The second kappa shape index (κ2) is 27.7. The monoisotopic (exact) mass is 139 g/mol. The summed E-state index contributed by atoms with van der Waals surface area (Å²) in [6.45, 7) is 0. The molecule has 0 bridgehead atoms. The normalized spacial score (nSPS) is 0. The van der Waals surface area contributed by atoms with Crippen LogP contribution in [0.15, 0.2) is 0 Å². The van der Waals surface area contributed by atoms with Gasteiger partial charge in [0.15, 0.2) is 0 Å². The molecule has 0 heterocycles. The molecule has 0 saturated heterocycles. The zero-order valence-electron chi connectivity index (χ0n) is 1.59. The summed E-state index contributed by atoms with van der Waals surface area (Å²) >= 11 is 0. The van der Waals surface area contributed by atoms with Crippen LogP contribution in [-0.2, 0) is 17.1 Å². The molecule has 1 unspecified atom stereocenters. The first-order valence-electron chi connectivity index (χ1n) is 0. The predicted molar refractivity (Wildman–Crippen MR) is 28.2 cm³/mol. The van der Waals surface area contributed by atoms with Gasteiger partial charge in [-0.05, 0) is 0 Å². The van der Waals surface area contributed by atoms with E-state index in [0.717, 1.165) is 0 Å². The Morgan fingerprint density at radius 3 is 1.00 bits per heavy atom. The fourth-order valence-electron chi connectivity index (χ4n) is 0. The molecule has 3 heteroatoms. The maximum Gasteiger partial charge on any atom is 0 e. The molecule has 1 radical (unpaired) electrons. The third-order valence-corrected chi connectivity index (χ3v) is 0. The summed E-state index contributed by atoms with van der Waals surface area (Å²) in [6, 6.07) is 0. The molecule has 4 heavy (non-hydrogen) atoms. The van der Waals surface area contributed by atoms with Crippen molar-refractivity contribution in [3.05, 3.63) is 0 Å². The summed E-state index contributed by atoms with van der Waals surface area (Å²) < 4.78 is 0. The van der Waals surface area contributed by atoms with Crippen LogP contribution in [0.1, 0.15) is 7.43 Å². The van der Waals surface area contributed by atoms with Gasteiger partial charge in [0.2, 0.25) is 0 Å². The molecular formula is CH9MnPS. The minimum Gasteiger partial charge on any atom is -0.197 e. The van der Waals surface area contributed by atoms with E-state index in [1.165, 1.54) is 0 Å². The quantitative estimate of drug-likeness (QED) is 0.344. The molecule has 0 fully saturated rings. The van der Waals surface area contributed by atoms with Crippen molar-refractivity contribution in [2.24, 2.45) is 0 Å². The van der Waals surface area contributed by atoms with E-state index in [1.807, 2.05) is 0 Å². The van der Waals surface area contributed by atoms with Crippen LogP contribution in [0.25, 0.3) is 0 Å². The second-order valence-corrected chi connectivity index (χ2v) is 0. The molecule has 0 aliphatic heterocycles.